The van der Waals surface area contributed by atoms with Gasteiger partial charge >= 0.3 is 0 Å². The molecular formula is C14H22N2O. The predicted octanol–water partition coefficient (Wildman–Crippen LogP) is 1.95. The Hall–Kier alpha value is -1.35. The molecule has 3 nitrogen and oxygen atoms in total. The number of likely N-dealkylation sites (N-methyl/N-ethyl adjacent to an activating group) is 1. The average molecular weight is 234 g/mol. The summed E-state index contributed by atoms with van der Waals surface area (Å²) in [6, 6.07) is 8.47. The number of benzene rings is 1. The lowest BCUT2D eigenvalue weighted by atomic mass is 10.1. The number of carbonyl (C=O) groups excluding carboxylic acids is 1. The van der Waals surface area contributed by atoms with Gasteiger partial charge < -0.3 is 5.32 Å². The molecule has 0 bridgehead atoms. The Kier molecular flexibility index (Phi) is 5.16. The maximum absolute atomic E-state index is 11.6. The smallest absolute Gasteiger partial charge is 0.234 e. The lowest BCUT2D eigenvalue weighted by molar-refractivity contribution is -0.122. The van der Waals surface area contributed by atoms with Gasteiger partial charge in [-0.2, -0.15) is 0 Å². The fourth-order valence-electron chi connectivity index (χ4n) is 1.75. The minimum atomic E-state index is 0.0797. The summed E-state index contributed by atoms with van der Waals surface area (Å²) in [4.78, 5) is 13.6. The van der Waals surface area contributed by atoms with Crippen LogP contribution in [0, 0.1) is 6.92 Å². The summed E-state index contributed by atoms with van der Waals surface area (Å²) in [7, 11) is 1.96. The first kappa shape index (κ1) is 13.7. The van der Waals surface area contributed by atoms with Crippen LogP contribution in [0.1, 0.15) is 25.0 Å². The van der Waals surface area contributed by atoms with E-state index in [1.54, 1.807) is 0 Å². The van der Waals surface area contributed by atoms with Crippen molar-refractivity contribution in [2.75, 3.05) is 13.6 Å². The number of rotatable bonds is 5. The molecule has 17 heavy (non-hydrogen) atoms. The van der Waals surface area contributed by atoms with Crippen LogP contribution in [0.25, 0.3) is 0 Å². The van der Waals surface area contributed by atoms with Gasteiger partial charge in [0.15, 0.2) is 0 Å². The zero-order chi connectivity index (χ0) is 12.8. The molecule has 1 rings (SSSR count). The summed E-state index contributed by atoms with van der Waals surface area (Å²) in [6.45, 7) is 7.28. The number of nitrogens with zero attached hydrogens (tertiary/aromatic N) is 1. The maximum Gasteiger partial charge on any atom is 0.234 e. The Labute approximate surface area is 104 Å². The molecule has 0 radical (unpaired) electrons. The Morgan fingerprint density at radius 3 is 2.59 bits per heavy atom. The maximum atomic E-state index is 11.6. The molecule has 0 aromatic heterocycles. The zero-order valence-corrected chi connectivity index (χ0v) is 11.2. The number of hydrogen-bond donors (Lipinski definition) is 1. The normalized spacial score (nSPS) is 10.9. The summed E-state index contributed by atoms with van der Waals surface area (Å²) in [5, 5.41) is 2.89. The van der Waals surface area contributed by atoms with Crippen molar-refractivity contribution in [2.45, 2.75) is 33.4 Å². The van der Waals surface area contributed by atoms with Gasteiger partial charge in [0.2, 0.25) is 5.91 Å². The van der Waals surface area contributed by atoms with E-state index in [0.717, 1.165) is 6.54 Å². The first-order valence-electron chi connectivity index (χ1n) is 6.01. The van der Waals surface area contributed by atoms with Gasteiger partial charge in [-0.3, -0.25) is 9.69 Å². The molecule has 0 atom stereocenters. The SMILES string of the molecule is Cc1ccccc1CN(C)CC(=O)NC(C)C. The molecule has 1 amide bonds. The second-order valence-corrected chi connectivity index (χ2v) is 4.82. The van der Waals surface area contributed by atoms with Gasteiger partial charge in [0.1, 0.15) is 0 Å². The van der Waals surface area contributed by atoms with Gasteiger partial charge in [0.25, 0.3) is 0 Å². The van der Waals surface area contributed by atoms with Crippen molar-refractivity contribution in [3.05, 3.63) is 35.4 Å². The van der Waals surface area contributed by atoms with Crippen LogP contribution < -0.4 is 5.32 Å². The van der Waals surface area contributed by atoms with Crippen molar-refractivity contribution in [1.82, 2.24) is 10.2 Å². The van der Waals surface area contributed by atoms with Crippen LogP contribution in [-0.4, -0.2) is 30.4 Å². The third kappa shape index (κ3) is 5.00. The fraction of sp³-hybridized carbons (Fsp3) is 0.500. The highest BCUT2D eigenvalue weighted by molar-refractivity contribution is 5.78. The van der Waals surface area contributed by atoms with Crippen LogP contribution in [0.5, 0.6) is 0 Å². The van der Waals surface area contributed by atoms with E-state index in [4.69, 9.17) is 0 Å². The van der Waals surface area contributed by atoms with Crippen molar-refractivity contribution in [2.24, 2.45) is 0 Å². The molecular weight excluding hydrogens is 212 g/mol. The molecule has 0 unspecified atom stereocenters. The highest BCUT2D eigenvalue weighted by Crippen LogP contribution is 2.08. The standard InChI is InChI=1S/C14H22N2O/c1-11(2)15-14(17)10-16(4)9-13-8-6-5-7-12(13)3/h5-8,11H,9-10H2,1-4H3,(H,15,17). The van der Waals surface area contributed by atoms with Gasteiger partial charge in [-0.25, -0.2) is 0 Å². The summed E-state index contributed by atoms with van der Waals surface area (Å²) >= 11 is 0. The number of carbonyl (C=O) groups is 1. The molecule has 1 N–H and O–H groups in total. The van der Waals surface area contributed by atoms with Crippen LogP contribution in [0.2, 0.25) is 0 Å². The molecule has 0 heterocycles. The highest BCUT2D eigenvalue weighted by Gasteiger charge is 2.08. The first-order valence-corrected chi connectivity index (χ1v) is 6.01. The zero-order valence-electron chi connectivity index (χ0n) is 11.2. The van der Waals surface area contributed by atoms with Crippen LogP contribution in [-0.2, 0) is 11.3 Å². The van der Waals surface area contributed by atoms with E-state index in [1.807, 2.05) is 37.9 Å². The van der Waals surface area contributed by atoms with Gasteiger partial charge in [-0.1, -0.05) is 24.3 Å². The third-order valence-electron chi connectivity index (χ3n) is 2.56. The van der Waals surface area contributed by atoms with Gasteiger partial charge in [0, 0.05) is 12.6 Å². The van der Waals surface area contributed by atoms with E-state index in [-0.39, 0.29) is 11.9 Å². The number of nitrogens with one attached hydrogen (secondary N) is 1. The van der Waals surface area contributed by atoms with Crippen molar-refractivity contribution in [3.8, 4) is 0 Å². The number of aryl methyl sites for hydroxylation is 1. The minimum absolute atomic E-state index is 0.0797. The highest BCUT2D eigenvalue weighted by atomic mass is 16.2. The Bertz CT molecular complexity index is 374. The molecule has 0 spiro atoms. The Morgan fingerprint density at radius 1 is 1.35 bits per heavy atom. The average Bonchev–Trinajstić information content (AvgIpc) is 2.19. The van der Waals surface area contributed by atoms with Gasteiger partial charge in [0.05, 0.1) is 6.54 Å². The van der Waals surface area contributed by atoms with Crippen LogP contribution in [0.3, 0.4) is 0 Å². The second kappa shape index (κ2) is 6.40. The van der Waals surface area contributed by atoms with Crippen LogP contribution >= 0.6 is 0 Å². The fourth-order valence-corrected chi connectivity index (χ4v) is 1.75. The van der Waals surface area contributed by atoms with Gasteiger partial charge in [-0.15, -0.1) is 0 Å². The second-order valence-electron chi connectivity index (χ2n) is 4.82. The number of hydrogen-bond acceptors (Lipinski definition) is 2. The summed E-state index contributed by atoms with van der Waals surface area (Å²) < 4.78 is 0. The topological polar surface area (TPSA) is 32.3 Å². The van der Waals surface area contributed by atoms with E-state index in [9.17, 15) is 4.79 Å². The largest absolute Gasteiger partial charge is 0.353 e. The van der Waals surface area contributed by atoms with E-state index in [1.165, 1.54) is 11.1 Å². The third-order valence-corrected chi connectivity index (χ3v) is 2.56. The Balaban J connectivity index is 2.47. The molecule has 1 aromatic carbocycles. The van der Waals surface area contributed by atoms with E-state index < -0.39 is 0 Å². The van der Waals surface area contributed by atoms with Crippen molar-refractivity contribution in [1.29, 1.82) is 0 Å². The van der Waals surface area contributed by atoms with Crippen LogP contribution in [0.15, 0.2) is 24.3 Å². The molecule has 94 valence electrons. The minimum Gasteiger partial charge on any atom is -0.353 e. The van der Waals surface area contributed by atoms with E-state index >= 15 is 0 Å². The van der Waals surface area contributed by atoms with Crippen molar-refractivity contribution < 1.29 is 4.79 Å². The summed E-state index contributed by atoms with van der Waals surface area (Å²) in [5.41, 5.74) is 2.54. The predicted molar refractivity (Wildman–Crippen MR) is 70.8 cm³/mol. The van der Waals surface area contributed by atoms with Crippen molar-refractivity contribution in [3.63, 3.8) is 0 Å². The molecule has 0 aliphatic heterocycles. The summed E-state index contributed by atoms with van der Waals surface area (Å²) in [6.07, 6.45) is 0. The first-order chi connectivity index (χ1) is 7.99. The molecule has 0 aliphatic rings. The van der Waals surface area contributed by atoms with Gasteiger partial charge in [-0.05, 0) is 38.9 Å². The van der Waals surface area contributed by atoms with Crippen molar-refractivity contribution >= 4 is 5.91 Å². The molecule has 3 heteroatoms. The molecule has 1 aromatic rings. The monoisotopic (exact) mass is 234 g/mol. The molecule has 0 saturated heterocycles. The Morgan fingerprint density at radius 2 is 2.00 bits per heavy atom. The molecule has 0 fully saturated rings. The van der Waals surface area contributed by atoms with Crippen LogP contribution in [0.4, 0.5) is 0 Å². The lowest BCUT2D eigenvalue weighted by Gasteiger charge is -2.18. The van der Waals surface area contributed by atoms with E-state index in [2.05, 4.69) is 24.4 Å². The quantitative estimate of drug-likeness (QED) is 0.844. The molecule has 0 saturated carbocycles. The molecule has 0 aliphatic carbocycles. The summed E-state index contributed by atoms with van der Waals surface area (Å²) in [5.74, 6) is 0.0797. The van der Waals surface area contributed by atoms with E-state index in [0.29, 0.717) is 6.54 Å². The lowest BCUT2D eigenvalue weighted by Crippen LogP contribution is -2.38. The number of amides is 1.